The second-order valence-electron chi connectivity index (χ2n) is 6.01. The maximum Gasteiger partial charge on any atom is 0.177 e. The molecule has 2 aromatic rings. The van der Waals surface area contributed by atoms with Gasteiger partial charge in [-0.05, 0) is 29.5 Å². The monoisotopic (exact) mass is 304 g/mol. The lowest BCUT2D eigenvalue weighted by molar-refractivity contribution is 0.319. The zero-order valence-electron chi connectivity index (χ0n) is 12.9. The van der Waals surface area contributed by atoms with Crippen molar-refractivity contribution in [1.82, 2.24) is 0 Å². The van der Waals surface area contributed by atoms with Crippen LogP contribution in [0.15, 0.2) is 36.4 Å². The summed E-state index contributed by atoms with van der Waals surface area (Å²) in [6.07, 6.45) is 0. The standard InChI is InChI=1S/C18H21ClO2/c1-5-21-17-13(12-9-7-6-8-10-12)11-14(18(2,3)4)15(19)16(17)20/h6-11,20H,5H2,1-4H3. The highest BCUT2D eigenvalue weighted by Crippen LogP contribution is 2.47. The van der Waals surface area contributed by atoms with Crippen LogP contribution >= 0.6 is 11.6 Å². The van der Waals surface area contributed by atoms with Gasteiger partial charge in [-0.1, -0.05) is 62.7 Å². The van der Waals surface area contributed by atoms with Crippen LogP contribution in [0.4, 0.5) is 0 Å². The molecular weight excluding hydrogens is 284 g/mol. The fourth-order valence-corrected chi connectivity index (χ4v) is 2.72. The Labute approximate surface area is 131 Å². The van der Waals surface area contributed by atoms with Crippen LogP contribution in [0.1, 0.15) is 33.3 Å². The average Bonchev–Trinajstić information content (AvgIpc) is 2.44. The van der Waals surface area contributed by atoms with Crippen molar-refractivity contribution >= 4 is 11.6 Å². The van der Waals surface area contributed by atoms with E-state index in [2.05, 4.69) is 20.8 Å². The van der Waals surface area contributed by atoms with Gasteiger partial charge in [0.15, 0.2) is 11.5 Å². The number of hydrogen-bond acceptors (Lipinski definition) is 2. The summed E-state index contributed by atoms with van der Waals surface area (Å²) >= 11 is 6.35. The number of hydrogen-bond donors (Lipinski definition) is 1. The molecule has 0 saturated heterocycles. The largest absolute Gasteiger partial charge is 0.503 e. The van der Waals surface area contributed by atoms with Crippen LogP contribution in [0.5, 0.6) is 11.5 Å². The predicted octanol–water partition coefficient (Wildman–Crippen LogP) is 5.41. The highest BCUT2D eigenvalue weighted by Gasteiger charge is 2.25. The lowest BCUT2D eigenvalue weighted by Gasteiger charge is -2.24. The lowest BCUT2D eigenvalue weighted by Crippen LogP contribution is -2.12. The quantitative estimate of drug-likeness (QED) is 0.821. The summed E-state index contributed by atoms with van der Waals surface area (Å²) in [5, 5.41) is 10.8. The van der Waals surface area contributed by atoms with E-state index in [1.165, 1.54) is 0 Å². The minimum atomic E-state index is -0.164. The maximum atomic E-state index is 10.5. The molecule has 0 bridgehead atoms. The number of ether oxygens (including phenoxy) is 1. The number of phenolic OH excluding ortho intramolecular Hbond substituents is 1. The minimum absolute atomic E-state index is 0.0183. The smallest absolute Gasteiger partial charge is 0.177 e. The van der Waals surface area contributed by atoms with Crippen molar-refractivity contribution in [3.63, 3.8) is 0 Å². The van der Waals surface area contributed by atoms with Gasteiger partial charge in [-0.3, -0.25) is 0 Å². The van der Waals surface area contributed by atoms with Gasteiger partial charge in [0.25, 0.3) is 0 Å². The molecule has 0 unspecified atom stereocenters. The molecule has 0 spiro atoms. The summed E-state index contributed by atoms with van der Waals surface area (Å²) in [5.41, 5.74) is 2.61. The van der Waals surface area contributed by atoms with Crippen LogP contribution in [0, 0.1) is 0 Å². The first-order chi connectivity index (χ1) is 9.86. The van der Waals surface area contributed by atoms with E-state index in [9.17, 15) is 5.11 Å². The van der Waals surface area contributed by atoms with Gasteiger partial charge in [-0.15, -0.1) is 0 Å². The predicted molar refractivity (Wildman–Crippen MR) is 88.4 cm³/mol. The molecule has 0 atom stereocenters. The van der Waals surface area contributed by atoms with E-state index in [0.717, 1.165) is 16.7 Å². The van der Waals surface area contributed by atoms with Crippen molar-refractivity contribution in [2.24, 2.45) is 0 Å². The molecule has 2 nitrogen and oxygen atoms in total. The minimum Gasteiger partial charge on any atom is -0.503 e. The lowest BCUT2D eigenvalue weighted by atomic mass is 9.84. The molecule has 0 aliphatic carbocycles. The van der Waals surface area contributed by atoms with Crippen molar-refractivity contribution in [3.8, 4) is 22.6 Å². The normalized spacial score (nSPS) is 11.5. The third-order valence-electron chi connectivity index (χ3n) is 3.37. The molecule has 2 aromatic carbocycles. The second-order valence-corrected chi connectivity index (χ2v) is 6.39. The topological polar surface area (TPSA) is 29.5 Å². The molecule has 0 fully saturated rings. The van der Waals surface area contributed by atoms with Crippen molar-refractivity contribution in [3.05, 3.63) is 47.0 Å². The first-order valence-corrected chi connectivity index (χ1v) is 7.48. The zero-order chi connectivity index (χ0) is 15.6. The zero-order valence-corrected chi connectivity index (χ0v) is 13.7. The molecule has 0 heterocycles. The van der Waals surface area contributed by atoms with E-state index in [-0.39, 0.29) is 11.2 Å². The van der Waals surface area contributed by atoms with Crippen LogP contribution in [0.3, 0.4) is 0 Å². The Morgan fingerprint density at radius 1 is 1.14 bits per heavy atom. The summed E-state index contributed by atoms with van der Waals surface area (Å²) in [6.45, 7) is 8.58. The molecule has 2 rings (SSSR count). The molecule has 0 radical (unpaired) electrons. The van der Waals surface area contributed by atoms with Crippen LogP contribution in [0.25, 0.3) is 11.1 Å². The number of aromatic hydroxyl groups is 1. The maximum absolute atomic E-state index is 10.5. The van der Waals surface area contributed by atoms with E-state index in [0.29, 0.717) is 17.4 Å². The van der Waals surface area contributed by atoms with Crippen LogP contribution in [-0.4, -0.2) is 11.7 Å². The van der Waals surface area contributed by atoms with Gasteiger partial charge in [0.1, 0.15) is 0 Å². The molecule has 0 amide bonds. The van der Waals surface area contributed by atoms with Crippen molar-refractivity contribution < 1.29 is 9.84 Å². The van der Waals surface area contributed by atoms with Gasteiger partial charge in [-0.25, -0.2) is 0 Å². The number of benzene rings is 2. The van der Waals surface area contributed by atoms with Gasteiger partial charge in [-0.2, -0.15) is 0 Å². The Balaban J connectivity index is 2.75. The third-order valence-corrected chi connectivity index (χ3v) is 3.76. The summed E-state index contributed by atoms with van der Waals surface area (Å²) in [7, 11) is 0. The fraction of sp³-hybridized carbons (Fsp3) is 0.333. The highest BCUT2D eigenvalue weighted by atomic mass is 35.5. The van der Waals surface area contributed by atoms with Gasteiger partial charge in [0.2, 0.25) is 0 Å². The number of rotatable bonds is 3. The molecule has 21 heavy (non-hydrogen) atoms. The van der Waals surface area contributed by atoms with Crippen molar-refractivity contribution in [2.45, 2.75) is 33.1 Å². The van der Waals surface area contributed by atoms with E-state index in [4.69, 9.17) is 16.3 Å². The van der Waals surface area contributed by atoms with E-state index < -0.39 is 0 Å². The molecule has 112 valence electrons. The van der Waals surface area contributed by atoms with Crippen molar-refractivity contribution in [1.29, 1.82) is 0 Å². The highest BCUT2D eigenvalue weighted by molar-refractivity contribution is 6.33. The summed E-state index contributed by atoms with van der Waals surface area (Å²) in [5.74, 6) is 0.464. The van der Waals surface area contributed by atoms with Crippen LogP contribution < -0.4 is 4.74 Å². The number of halogens is 1. The Morgan fingerprint density at radius 2 is 1.76 bits per heavy atom. The molecule has 3 heteroatoms. The average molecular weight is 305 g/mol. The summed E-state index contributed by atoms with van der Waals surface area (Å²) in [4.78, 5) is 0. The van der Waals surface area contributed by atoms with Gasteiger partial charge >= 0.3 is 0 Å². The van der Waals surface area contributed by atoms with E-state index >= 15 is 0 Å². The second kappa shape index (κ2) is 5.98. The van der Waals surface area contributed by atoms with Gasteiger partial charge in [0, 0.05) is 5.56 Å². The molecule has 0 saturated carbocycles. The van der Waals surface area contributed by atoms with Crippen molar-refractivity contribution in [2.75, 3.05) is 6.61 Å². The Hall–Kier alpha value is -1.67. The Kier molecular flexibility index (Phi) is 4.48. The van der Waals surface area contributed by atoms with Crippen LogP contribution in [0.2, 0.25) is 5.02 Å². The molecular formula is C18H21ClO2. The first kappa shape index (κ1) is 15.7. The van der Waals surface area contributed by atoms with Crippen LogP contribution in [-0.2, 0) is 5.41 Å². The summed E-state index contributed by atoms with van der Waals surface area (Å²) in [6, 6.07) is 11.9. The van der Waals surface area contributed by atoms with Gasteiger partial charge < -0.3 is 9.84 Å². The Bertz CT molecular complexity index is 628. The van der Waals surface area contributed by atoms with E-state index in [1.807, 2.05) is 43.3 Å². The fourth-order valence-electron chi connectivity index (χ4n) is 2.30. The first-order valence-electron chi connectivity index (χ1n) is 7.10. The molecule has 0 aromatic heterocycles. The Morgan fingerprint density at radius 3 is 2.29 bits per heavy atom. The molecule has 0 aliphatic rings. The third kappa shape index (κ3) is 3.16. The molecule has 0 aliphatic heterocycles. The van der Waals surface area contributed by atoms with E-state index in [1.54, 1.807) is 0 Å². The summed E-state index contributed by atoms with van der Waals surface area (Å²) < 4.78 is 5.64. The SMILES string of the molecule is CCOc1c(-c2ccccc2)cc(C(C)(C)C)c(Cl)c1O. The molecule has 1 N–H and O–H groups in total. The van der Waals surface area contributed by atoms with Gasteiger partial charge in [0.05, 0.1) is 11.6 Å². The number of phenols is 1.